The van der Waals surface area contributed by atoms with Gasteiger partial charge in [0.05, 0.1) is 24.3 Å². The van der Waals surface area contributed by atoms with Gasteiger partial charge in [0.25, 0.3) is 11.8 Å². The Morgan fingerprint density at radius 3 is 2.49 bits per heavy atom. The molecule has 1 fully saturated rings. The first kappa shape index (κ1) is 27.7. The van der Waals surface area contributed by atoms with E-state index in [1.54, 1.807) is 16.5 Å². The Morgan fingerprint density at radius 2 is 1.87 bits per heavy atom. The highest BCUT2D eigenvalue weighted by atomic mass is 19.4. The lowest BCUT2D eigenvalue weighted by atomic mass is 10.0. The molecular formula is C26H27F4N7O2. The number of nitrogens with zero attached hydrogens (tertiary/aromatic N) is 5. The highest BCUT2D eigenvalue weighted by Crippen LogP contribution is 2.34. The lowest BCUT2D eigenvalue weighted by molar-refractivity contribution is -0.138. The number of alkyl halides is 3. The molecule has 1 aliphatic heterocycles. The topological polar surface area (TPSA) is 125 Å². The average Bonchev–Trinajstić information content (AvgIpc) is 3.42. The first-order valence-electron chi connectivity index (χ1n) is 12.3. The largest absolute Gasteiger partial charge is 0.416 e. The van der Waals surface area contributed by atoms with Gasteiger partial charge in [0.15, 0.2) is 0 Å². The van der Waals surface area contributed by atoms with E-state index >= 15 is 0 Å². The number of anilines is 1. The van der Waals surface area contributed by atoms with E-state index in [4.69, 9.17) is 11.5 Å². The third-order valence-corrected chi connectivity index (χ3v) is 6.60. The van der Waals surface area contributed by atoms with E-state index in [-0.39, 0.29) is 41.1 Å². The summed E-state index contributed by atoms with van der Waals surface area (Å²) < 4.78 is 56.7. The number of halogens is 4. The van der Waals surface area contributed by atoms with Gasteiger partial charge in [0.2, 0.25) is 0 Å². The number of hydrogen-bond donors (Lipinski definition) is 2. The van der Waals surface area contributed by atoms with Gasteiger partial charge >= 0.3 is 6.18 Å². The Hall–Kier alpha value is -4.34. The van der Waals surface area contributed by atoms with E-state index in [9.17, 15) is 27.2 Å². The molecule has 0 spiro atoms. The van der Waals surface area contributed by atoms with Crippen LogP contribution in [0.5, 0.6) is 0 Å². The molecule has 0 radical (unpaired) electrons. The van der Waals surface area contributed by atoms with Crippen LogP contribution in [0.2, 0.25) is 0 Å². The van der Waals surface area contributed by atoms with E-state index in [0.29, 0.717) is 50.4 Å². The number of hydrogen-bond acceptors (Lipinski definition) is 5. The number of benzene rings is 1. The maximum atomic E-state index is 13.7. The van der Waals surface area contributed by atoms with Crippen LogP contribution in [0.15, 0.2) is 30.6 Å². The van der Waals surface area contributed by atoms with Gasteiger partial charge in [-0.25, -0.2) is 9.07 Å². The predicted octanol–water partition coefficient (Wildman–Crippen LogP) is 3.60. The molecule has 0 saturated carbocycles. The van der Waals surface area contributed by atoms with Crippen molar-refractivity contribution in [3.63, 3.8) is 0 Å². The molecule has 206 valence electrons. The molecule has 1 aliphatic rings. The minimum atomic E-state index is -4.67. The molecule has 4 N–H and O–H groups in total. The number of rotatable bonds is 5. The molecule has 3 heterocycles. The van der Waals surface area contributed by atoms with Crippen molar-refractivity contribution in [1.29, 1.82) is 0 Å². The maximum Gasteiger partial charge on any atom is 0.416 e. The van der Waals surface area contributed by atoms with Gasteiger partial charge in [-0.3, -0.25) is 14.3 Å². The molecule has 1 aromatic carbocycles. The van der Waals surface area contributed by atoms with Crippen molar-refractivity contribution in [2.45, 2.75) is 51.4 Å². The standard InChI is InChI=1S/C26H27F4N7O2/c1-2-5-21(38)35-10-3-6-19(7-4-11-35)37-24(31)22(25(32)39)23(34-37)17-13-33-36(15-17)14-16-12-18(27)8-9-20(16)26(28,29)30/h8-9,12-13,15,19H,3-4,6-7,10-11,14,31H2,1H3,(H2,32,39). The highest BCUT2D eigenvalue weighted by molar-refractivity contribution is 6.03. The Balaban J connectivity index is 1.60. The Kier molecular flexibility index (Phi) is 7.94. The third kappa shape index (κ3) is 6.05. The number of carbonyl (C=O) groups excluding carboxylic acids is 2. The number of carbonyl (C=O) groups is 2. The van der Waals surface area contributed by atoms with Crippen LogP contribution >= 0.6 is 0 Å². The van der Waals surface area contributed by atoms with Gasteiger partial charge in [-0.1, -0.05) is 5.92 Å². The predicted molar refractivity (Wildman–Crippen MR) is 134 cm³/mol. The van der Waals surface area contributed by atoms with E-state index < -0.39 is 23.5 Å². The average molecular weight is 546 g/mol. The van der Waals surface area contributed by atoms with E-state index in [1.807, 2.05) is 0 Å². The first-order chi connectivity index (χ1) is 18.5. The normalized spacial score (nSPS) is 14.8. The number of likely N-dealkylation sites (tertiary alicyclic amines) is 1. The molecule has 0 atom stereocenters. The Labute approximate surface area is 221 Å². The van der Waals surface area contributed by atoms with Crippen LogP contribution in [0.1, 0.15) is 60.1 Å². The Bertz CT molecular complexity index is 1440. The molecule has 9 nitrogen and oxygen atoms in total. The SMILES string of the molecule is CC#CC(=O)N1CCCC(n2nc(-c3cnn(Cc4cc(F)ccc4C(F)(F)F)c3)c(C(N)=O)c2N)CCC1. The number of nitrogens with two attached hydrogens (primary N) is 2. The fraction of sp³-hybridized carbons (Fsp3) is 0.385. The summed E-state index contributed by atoms with van der Waals surface area (Å²) in [6.45, 7) is 2.28. The van der Waals surface area contributed by atoms with Crippen molar-refractivity contribution in [2.24, 2.45) is 5.73 Å². The molecule has 2 aromatic heterocycles. The summed E-state index contributed by atoms with van der Waals surface area (Å²) in [7, 11) is 0. The third-order valence-electron chi connectivity index (χ3n) is 6.60. The molecule has 39 heavy (non-hydrogen) atoms. The summed E-state index contributed by atoms with van der Waals surface area (Å²) in [5.41, 5.74) is 11.1. The van der Waals surface area contributed by atoms with Gasteiger partial charge in [-0.05, 0) is 62.3 Å². The zero-order valence-electron chi connectivity index (χ0n) is 21.1. The van der Waals surface area contributed by atoms with Crippen LogP contribution in [0.4, 0.5) is 23.4 Å². The summed E-state index contributed by atoms with van der Waals surface area (Å²) >= 11 is 0. The second-order valence-corrected chi connectivity index (χ2v) is 9.25. The molecule has 4 rings (SSSR count). The summed E-state index contributed by atoms with van der Waals surface area (Å²) in [6.07, 6.45) is 0.654. The van der Waals surface area contributed by atoms with Crippen LogP contribution in [0.3, 0.4) is 0 Å². The quantitative estimate of drug-likeness (QED) is 0.375. The van der Waals surface area contributed by atoms with Crippen LogP contribution < -0.4 is 11.5 Å². The van der Waals surface area contributed by atoms with Crippen molar-refractivity contribution in [3.05, 3.63) is 53.1 Å². The van der Waals surface area contributed by atoms with Gasteiger partial charge in [-0.15, -0.1) is 0 Å². The van der Waals surface area contributed by atoms with Gasteiger partial charge in [0.1, 0.15) is 22.9 Å². The summed E-state index contributed by atoms with van der Waals surface area (Å²) in [4.78, 5) is 26.2. The smallest absolute Gasteiger partial charge is 0.383 e. The van der Waals surface area contributed by atoms with Crippen molar-refractivity contribution in [2.75, 3.05) is 18.8 Å². The van der Waals surface area contributed by atoms with Gasteiger partial charge < -0.3 is 16.4 Å². The summed E-state index contributed by atoms with van der Waals surface area (Å²) in [6, 6.07) is 2.08. The molecule has 1 saturated heterocycles. The highest BCUT2D eigenvalue weighted by Gasteiger charge is 2.34. The fourth-order valence-electron chi connectivity index (χ4n) is 4.81. The first-order valence-corrected chi connectivity index (χ1v) is 12.3. The molecule has 2 amide bonds. The summed E-state index contributed by atoms with van der Waals surface area (Å²) in [5, 5.41) is 8.66. The monoisotopic (exact) mass is 545 g/mol. The van der Waals surface area contributed by atoms with Crippen molar-refractivity contribution < 1.29 is 27.2 Å². The minimum absolute atomic E-state index is 0.0200. The van der Waals surface area contributed by atoms with Crippen molar-refractivity contribution >= 4 is 17.6 Å². The van der Waals surface area contributed by atoms with E-state index in [2.05, 4.69) is 22.0 Å². The van der Waals surface area contributed by atoms with E-state index in [1.165, 1.54) is 17.1 Å². The van der Waals surface area contributed by atoms with Crippen LogP contribution in [0, 0.1) is 17.7 Å². The second kappa shape index (κ2) is 11.2. The van der Waals surface area contributed by atoms with E-state index in [0.717, 1.165) is 12.1 Å². The van der Waals surface area contributed by atoms with Crippen LogP contribution in [0.25, 0.3) is 11.3 Å². The van der Waals surface area contributed by atoms with Crippen molar-refractivity contribution in [3.8, 4) is 23.1 Å². The maximum absolute atomic E-state index is 13.7. The van der Waals surface area contributed by atoms with Gasteiger partial charge in [0, 0.05) is 24.8 Å². The summed E-state index contributed by atoms with van der Waals surface area (Å²) in [5.74, 6) is 3.41. The molecule has 13 heteroatoms. The molecule has 0 aliphatic carbocycles. The lowest BCUT2D eigenvalue weighted by Gasteiger charge is -2.27. The second-order valence-electron chi connectivity index (χ2n) is 9.25. The number of amides is 2. The fourth-order valence-corrected chi connectivity index (χ4v) is 4.81. The lowest BCUT2D eigenvalue weighted by Crippen LogP contribution is -2.34. The number of primary amides is 1. The molecule has 3 aromatic rings. The molecule has 0 unspecified atom stereocenters. The Morgan fingerprint density at radius 1 is 1.18 bits per heavy atom. The number of nitrogen functional groups attached to an aromatic ring is 1. The van der Waals surface area contributed by atoms with Gasteiger partial charge in [-0.2, -0.15) is 23.4 Å². The number of aromatic nitrogens is 4. The zero-order valence-corrected chi connectivity index (χ0v) is 21.1. The zero-order chi connectivity index (χ0) is 28.3. The minimum Gasteiger partial charge on any atom is -0.383 e. The van der Waals surface area contributed by atoms with Crippen LogP contribution in [-0.4, -0.2) is 49.4 Å². The molecular weight excluding hydrogens is 518 g/mol. The van der Waals surface area contributed by atoms with Crippen molar-refractivity contribution in [1.82, 2.24) is 24.5 Å². The van der Waals surface area contributed by atoms with Crippen LogP contribution in [-0.2, 0) is 17.5 Å². The molecule has 0 bridgehead atoms.